The van der Waals surface area contributed by atoms with Crippen LogP contribution in [0.25, 0.3) is 10.8 Å². The van der Waals surface area contributed by atoms with E-state index in [1.807, 2.05) is 42.5 Å². The molecule has 1 aliphatic heterocycles. The fourth-order valence-electron chi connectivity index (χ4n) is 3.50. The Morgan fingerprint density at radius 2 is 1.74 bits per heavy atom. The first-order valence-corrected chi connectivity index (χ1v) is 10.4. The molecule has 0 aliphatic carbocycles. The van der Waals surface area contributed by atoms with E-state index in [9.17, 15) is 13.2 Å². The number of carbonyl (C=O) groups is 1. The molecule has 140 valence electrons. The molecule has 4 rings (SSSR count). The molecule has 1 N–H and O–H groups in total. The molecule has 2 heterocycles. The van der Waals surface area contributed by atoms with Gasteiger partial charge in [-0.15, -0.1) is 0 Å². The highest BCUT2D eigenvalue weighted by molar-refractivity contribution is 7.89. The number of anilines is 1. The molecule has 0 saturated carbocycles. The zero-order valence-electron chi connectivity index (χ0n) is 15.1. The van der Waals surface area contributed by atoms with E-state index in [0.29, 0.717) is 24.5 Å². The van der Waals surface area contributed by atoms with Crippen LogP contribution in [0.15, 0.2) is 59.6 Å². The van der Waals surface area contributed by atoms with E-state index in [4.69, 9.17) is 0 Å². The monoisotopic (exact) mass is 383 g/mol. The van der Waals surface area contributed by atoms with Gasteiger partial charge in [-0.2, -0.15) is 4.31 Å². The molecule has 3 aromatic rings. The third-order valence-electron chi connectivity index (χ3n) is 4.95. The van der Waals surface area contributed by atoms with Crippen LogP contribution in [0.4, 0.5) is 5.69 Å². The number of hydrogen-bond acceptors (Lipinski definition) is 3. The van der Waals surface area contributed by atoms with Crippen molar-refractivity contribution in [3.8, 4) is 0 Å². The Labute approximate surface area is 158 Å². The average Bonchev–Trinajstić information content (AvgIpc) is 3.32. The second kappa shape index (κ2) is 6.83. The number of nitrogens with one attached hydrogen (secondary N) is 1. The minimum atomic E-state index is -3.55. The van der Waals surface area contributed by atoms with Gasteiger partial charge in [0.1, 0.15) is 10.6 Å². The number of fused-ring (bicyclic) bond motifs is 1. The van der Waals surface area contributed by atoms with E-state index in [1.165, 1.54) is 16.6 Å². The number of nitrogens with zero attached hydrogens (tertiary/aromatic N) is 2. The molecule has 27 heavy (non-hydrogen) atoms. The van der Waals surface area contributed by atoms with Crippen molar-refractivity contribution < 1.29 is 13.2 Å². The molecule has 0 bridgehead atoms. The van der Waals surface area contributed by atoms with Gasteiger partial charge in [0, 0.05) is 37.4 Å². The molecule has 0 radical (unpaired) electrons. The molecule has 1 amide bonds. The Kier molecular flexibility index (Phi) is 4.49. The third kappa shape index (κ3) is 3.24. The number of aryl methyl sites for hydroxylation is 1. The summed E-state index contributed by atoms with van der Waals surface area (Å²) in [6.45, 7) is 1.07. The van der Waals surface area contributed by atoms with Crippen LogP contribution in [0.3, 0.4) is 0 Å². The lowest BCUT2D eigenvalue weighted by Crippen LogP contribution is -2.27. The van der Waals surface area contributed by atoms with Gasteiger partial charge < -0.3 is 9.88 Å². The fraction of sp³-hybridized carbons (Fsp3) is 0.250. The second-order valence-corrected chi connectivity index (χ2v) is 8.70. The topological polar surface area (TPSA) is 71.4 Å². The summed E-state index contributed by atoms with van der Waals surface area (Å²) in [6, 6.07) is 14.9. The van der Waals surface area contributed by atoms with Crippen molar-refractivity contribution in [1.29, 1.82) is 0 Å². The van der Waals surface area contributed by atoms with Crippen LogP contribution in [0.5, 0.6) is 0 Å². The average molecular weight is 383 g/mol. The highest BCUT2D eigenvalue weighted by atomic mass is 32.2. The second-order valence-electron chi connectivity index (χ2n) is 6.76. The number of hydrogen-bond donors (Lipinski definition) is 1. The Balaban J connectivity index is 1.64. The lowest BCUT2D eigenvalue weighted by molar-refractivity contribution is 0.101. The lowest BCUT2D eigenvalue weighted by Gasteiger charge is -2.13. The molecule has 0 spiro atoms. The molecule has 1 saturated heterocycles. The first-order valence-electron chi connectivity index (χ1n) is 8.92. The Morgan fingerprint density at radius 3 is 2.52 bits per heavy atom. The van der Waals surface area contributed by atoms with E-state index < -0.39 is 10.0 Å². The van der Waals surface area contributed by atoms with Gasteiger partial charge in [0.25, 0.3) is 5.91 Å². The van der Waals surface area contributed by atoms with Crippen molar-refractivity contribution in [2.75, 3.05) is 18.4 Å². The fourth-order valence-corrected chi connectivity index (χ4v) is 5.09. The largest absolute Gasteiger partial charge is 0.345 e. The SMILES string of the molecule is Cn1cc(S(=O)(=O)N2CCCC2)cc1C(=O)Nc1cccc2ccccc12. The first kappa shape index (κ1) is 17.8. The maximum absolute atomic E-state index is 12.8. The van der Waals surface area contributed by atoms with Crippen molar-refractivity contribution >= 4 is 32.4 Å². The number of benzene rings is 2. The minimum Gasteiger partial charge on any atom is -0.345 e. The molecule has 1 aliphatic rings. The van der Waals surface area contributed by atoms with Crippen LogP contribution >= 0.6 is 0 Å². The van der Waals surface area contributed by atoms with Crippen LogP contribution in [0, 0.1) is 0 Å². The van der Waals surface area contributed by atoms with Crippen LogP contribution < -0.4 is 5.32 Å². The molecule has 0 atom stereocenters. The molecule has 0 unspecified atom stereocenters. The summed E-state index contributed by atoms with van der Waals surface area (Å²) in [5.41, 5.74) is 1.00. The molecule has 6 nitrogen and oxygen atoms in total. The summed E-state index contributed by atoms with van der Waals surface area (Å²) in [7, 11) is -1.87. The summed E-state index contributed by atoms with van der Waals surface area (Å²) < 4.78 is 28.5. The Hall–Kier alpha value is -2.64. The van der Waals surface area contributed by atoms with Gasteiger partial charge in [-0.05, 0) is 30.4 Å². The Morgan fingerprint density at radius 1 is 1.04 bits per heavy atom. The highest BCUT2D eigenvalue weighted by Crippen LogP contribution is 2.25. The summed E-state index contributed by atoms with van der Waals surface area (Å²) in [5, 5.41) is 4.87. The Bertz CT molecular complexity index is 1110. The van der Waals surface area contributed by atoms with Crippen molar-refractivity contribution in [3.63, 3.8) is 0 Å². The zero-order valence-corrected chi connectivity index (χ0v) is 15.9. The normalized spacial score (nSPS) is 15.3. The summed E-state index contributed by atoms with van der Waals surface area (Å²) in [4.78, 5) is 13.0. The standard InChI is InChI=1S/C20H21N3O3S/c1-22-14-16(27(25,26)23-11-4-5-12-23)13-19(22)20(24)21-18-10-6-8-15-7-2-3-9-17(15)18/h2-3,6-10,13-14H,4-5,11-12H2,1H3,(H,21,24). The van der Waals surface area contributed by atoms with Crippen molar-refractivity contribution in [2.24, 2.45) is 7.05 Å². The van der Waals surface area contributed by atoms with Gasteiger partial charge >= 0.3 is 0 Å². The molecule has 1 aromatic heterocycles. The van der Waals surface area contributed by atoms with E-state index in [0.717, 1.165) is 23.6 Å². The maximum Gasteiger partial charge on any atom is 0.272 e. The number of sulfonamides is 1. The lowest BCUT2D eigenvalue weighted by atomic mass is 10.1. The van der Waals surface area contributed by atoms with Crippen molar-refractivity contribution in [2.45, 2.75) is 17.7 Å². The molecule has 2 aromatic carbocycles. The number of rotatable bonds is 4. The van der Waals surface area contributed by atoms with E-state index in [2.05, 4.69) is 5.32 Å². The van der Waals surface area contributed by atoms with Crippen LogP contribution in [-0.4, -0.2) is 36.3 Å². The van der Waals surface area contributed by atoms with E-state index >= 15 is 0 Å². The van der Waals surface area contributed by atoms with Crippen LogP contribution in [-0.2, 0) is 17.1 Å². The van der Waals surface area contributed by atoms with E-state index in [-0.39, 0.29) is 10.8 Å². The predicted octanol–water partition coefficient (Wildman–Crippen LogP) is 3.22. The van der Waals surface area contributed by atoms with Gasteiger partial charge in [0.2, 0.25) is 10.0 Å². The summed E-state index contributed by atoms with van der Waals surface area (Å²) in [5.74, 6) is -0.336. The first-order chi connectivity index (χ1) is 13.0. The summed E-state index contributed by atoms with van der Waals surface area (Å²) in [6.07, 6.45) is 3.26. The van der Waals surface area contributed by atoms with Gasteiger partial charge in [-0.3, -0.25) is 4.79 Å². The number of aromatic nitrogens is 1. The molecule has 1 fully saturated rings. The van der Waals surface area contributed by atoms with Gasteiger partial charge in [-0.1, -0.05) is 36.4 Å². The molecular weight excluding hydrogens is 362 g/mol. The van der Waals surface area contributed by atoms with Crippen LogP contribution in [0.2, 0.25) is 0 Å². The van der Waals surface area contributed by atoms with Crippen LogP contribution in [0.1, 0.15) is 23.3 Å². The number of amides is 1. The molecule has 7 heteroatoms. The smallest absolute Gasteiger partial charge is 0.272 e. The van der Waals surface area contributed by atoms with Gasteiger partial charge in [0.15, 0.2) is 0 Å². The minimum absolute atomic E-state index is 0.162. The van der Waals surface area contributed by atoms with Gasteiger partial charge in [-0.25, -0.2) is 8.42 Å². The third-order valence-corrected chi connectivity index (χ3v) is 6.82. The van der Waals surface area contributed by atoms with Gasteiger partial charge in [0.05, 0.1) is 0 Å². The summed E-state index contributed by atoms with van der Waals surface area (Å²) >= 11 is 0. The predicted molar refractivity (Wildman–Crippen MR) is 105 cm³/mol. The van der Waals surface area contributed by atoms with E-state index in [1.54, 1.807) is 11.6 Å². The quantitative estimate of drug-likeness (QED) is 0.752. The number of carbonyl (C=O) groups excluding carboxylic acids is 1. The highest BCUT2D eigenvalue weighted by Gasteiger charge is 2.29. The maximum atomic E-state index is 12.8. The van der Waals surface area contributed by atoms with Crippen molar-refractivity contribution in [1.82, 2.24) is 8.87 Å². The van der Waals surface area contributed by atoms with Crippen molar-refractivity contribution in [3.05, 3.63) is 60.4 Å². The molecular formula is C20H21N3O3S. The zero-order chi connectivity index (χ0) is 19.0.